The number of nitrogens with zero attached hydrogens (tertiary/aromatic N) is 1. The zero-order valence-electron chi connectivity index (χ0n) is 14.3. The highest BCUT2D eigenvalue weighted by molar-refractivity contribution is 5.78. The van der Waals surface area contributed by atoms with E-state index in [2.05, 4.69) is 16.7 Å². The summed E-state index contributed by atoms with van der Waals surface area (Å²) in [5.41, 5.74) is 1.61. The first-order chi connectivity index (χ1) is 12.2. The second-order valence-electron chi connectivity index (χ2n) is 6.89. The Morgan fingerprint density at radius 1 is 1.36 bits per heavy atom. The Bertz CT molecular complexity index is 637. The van der Waals surface area contributed by atoms with Gasteiger partial charge in [0.25, 0.3) is 0 Å². The fourth-order valence-corrected chi connectivity index (χ4v) is 3.58. The molecule has 1 aromatic rings. The molecule has 1 amide bonds. The van der Waals surface area contributed by atoms with Crippen LogP contribution < -0.4 is 10.6 Å². The fourth-order valence-electron chi connectivity index (χ4n) is 3.58. The van der Waals surface area contributed by atoms with Crippen LogP contribution in [0.5, 0.6) is 0 Å². The molecule has 1 heterocycles. The maximum atomic E-state index is 12.1. The minimum absolute atomic E-state index is 0.0815. The summed E-state index contributed by atoms with van der Waals surface area (Å²) < 4.78 is 5.64. The third-order valence-corrected chi connectivity index (χ3v) is 5.11. The van der Waals surface area contributed by atoms with Gasteiger partial charge in [-0.3, -0.25) is 4.79 Å². The lowest BCUT2D eigenvalue weighted by Crippen LogP contribution is -2.45. The van der Waals surface area contributed by atoms with Crippen molar-refractivity contribution in [3.8, 4) is 6.07 Å². The van der Waals surface area contributed by atoms with E-state index in [1.54, 1.807) is 6.07 Å². The van der Waals surface area contributed by atoms with Crippen molar-refractivity contribution < 1.29 is 14.6 Å². The Hall–Kier alpha value is -1.94. The summed E-state index contributed by atoms with van der Waals surface area (Å²) >= 11 is 0. The zero-order chi connectivity index (χ0) is 17.6. The van der Waals surface area contributed by atoms with Crippen molar-refractivity contribution in [2.45, 2.75) is 50.5 Å². The number of ether oxygens (including phenoxy) is 1. The van der Waals surface area contributed by atoms with Gasteiger partial charge in [0.1, 0.15) is 6.10 Å². The van der Waals surface area contributed by atoms with Crippen LogP contribution >= 0.6 is 0 Å². The van der Waals surface area contributed by atoms with Crippen LogP contribution in [0.1, 0.15) is 36.8 Å². The van der Waals surface area contributed by atoms with Crippen molar-refractivity contribution in [2.75, 3.05) is 13.2 Å². The number of rotatable bonds is 6. The highest BCUT2D eigenvalue weighted by Crippen LogP contribution is 2.24. The van der Waals surface area contributed by atoms with Crippen molar-refractivity contribution in [1.82, 2.24) is 10.6 Å². The highest BCUT2D eigenvalue weighted by Gasteiger charge is 2.36. The van der Waals surface area contributed by atoms with E-state index >= 15 is 0 Å². The Balaban J connectivity index is 1.44. The predicted octanol–water partition coefficient (Wildman–Crippen LogP) is 1.08. The molecule has 1 aliphatic carbocycles. The second-order valence-corrected chi connectivity index (χ2v) is 6.89. The highest BCUT2D eigenvalue weighted by atomic mass is 16.5. The second kappa shape index (κ2) is 8.43. The van der Waals surface area contributed by atoms with Crippen LogP contribution in [0, 0.1) is 17.2 Å². The molecule has 6 heteroatoms. The van der Waals surface area contributed by atoms with Gasteiger partial charge in [-0.2, -0.15) is 5.26 Å². The number of carbonyl (C=O) groups is 1. The molecule has 0 aromatic heterocycles. The van der Waals surface area contributed by atoms with E-state index < -0.39 is 6.10 Å². The van der Waals surface area contributed by atoms with Crippen LogP contribution in [0.15, 0.2) is 24.3 Å². The van der Waals surface area contributed by atoms with Gasteiger partial charge in [-0.15, -0.1) is 0 Å². The van der Waals surface area contributed by atoms with E-state index in [9.17, 15) is 9.90 Å². The number of nitrogens with one attached hydrogen (secondary N) is 2. The van der Waals surface area contributed by atoms with Gasteiger partial charge in [-0.05, 0) is 30.5 Å². The first-order valence-corrected chi connectivity index (χ1v) is 8.97. The van der Waals surface area contributed by atoms with Crippen LogP contribution in [-0.4, -0.2) is 42.4 Å². The summed E-state index contributed by atoms with van der Waals surface area (Å²) in [6.07, 6.45) is 3.13. The van der Waals surface area contributed by atoms with E-state index in [4.69, 9.17) is 10.00 Å². The quantitative estimate of drug-likeness (QED) is 0.719. The van der Waals surface area contributed by atoms with E-state index in [1.807, 2.05) is 18.2 Å². The molecular weight excluding hydrogens is 318 g/mol. The van der Waals surface area contributed by atoms with E-state index in [-0.39, 0.29) is 24.0 Å². The first-order valence-electron chi connectivity index (χ1n) is 8.97. The molecular formula is C19H25N3O3. The van der Waals surface area contributed by atoms with Crippen LogP contribution in [-0.2, 0) is 16.1 Å². The Morgan fingerprint density at radius 2 is 2.16 bits per heavy atom. The average molecular weight is 343 g/mol. The summed E-state index contributed by atoms with van der Waals surface area (Å²) in [6, 6.07) is 9.32. The van der Waals surface area contributed by atoms with Gasteiger partial charge < -0.3 is 20.5 Å². The fraction of sp³-hybridized carbons (Fsp3) is 0.579. The summed E-state index contributed by atoms with van der Waals surface area (Å²) in [5.74, 6) is 0.206. The van der Waals surface area contributed by atoms with Gasteiger partial charge in [-0.1, -0.05) is 25.0 Å². The number of amides is 1. The molecule has 134 valence electrons. The summed E-state index contributed by atoms with van der Waals surface area (Å²) in [7, 11) is 0. The van der Waals surface area contributed by atoms with Gasteiger partial charge in [0.15, 0.2) is 0 Å². The smallest absolute Gasteiger partial charge is 0.223 e. The van der Waals surface area contributed by atoms with E-state index in [0.29, 0.717) is 25.3 Å². The molecule has 0 unspecified atom stereocenters. The van der Waals surface area contributed by atoms with Gasteiger partial charge in [0.05, 0.1) is 30.4 Å². The van der Waals surface area contributed by atoms with Crippen molar-refractivity contribution in [3.63, 3.8) is 0 Å². The third kappa shape index (κ3) is 4.57. The molecule has 0 radical (unpaired) electrons. The Kier molecular flexibility index (Phi) is 6.03. The molecule has 6 nitrogen and oxygen atoms in total. The molecule has 2 aliphatic rings. The van der Waals surface area contributed by atoms with Gasteiger partial charge in [-0.25, -0.2) is 0 Å². The normalized spacial score (nSPS) is 26.5. The van der Waals surface area contributed by atoms with Crippen molar-refractivity contribution in [2.24, 2.45) is 5.92 Å². The summed E-state index contributed by atoms with van der Waals surface area (Å²) in [5, 5.41) is 25.5. The Labute approximate surface area is 148 Å². The number of hydrogen-bond acceptors (Lipinski definition) is 5. The molecule has 25 heavy (non-hydrogen) atoms. The molecule has 3 rings (SSSR count). The van der Waals surface area contributed by atoms with Crippen LogP contribution in [0.3, 0.4) is 0 Å². The predicted molar refractivity (Wildman–Crippen MR) is 92.5 cm³/mol. The largest absolute Gasteiger partial charge is 0.389 e. The minimum Gasteiger partial charge on any atom is -0.389 e. The number of aliphatic hydroxyl groups is 1. The SMILES string of the molecule is N#Cc1cccc(CN[C@@H]2CO[C@H](CNC(=O)C3CCCC3)[C@H]2O)c1. The average Bonchev–Trinajstić information content (AvgIpc) is 3.29. The van der Waals surface area contributed by atoms with E-state index in [0.717, 1.165) is 31.2 Å². The molecule has 0 bridgehead atoms. The molecule has 1 saturated heterocycles. The molecule has 1 saturated carbocycles. The zero-order valence-corrected chi connectivity index (χ0v) is 14.3. The lowest BCUT2D eigenvalue weighted by molar-refractivity contribution is -0.125. The van der Waals surface area contributed by atoms with Gasteiger partial charge >= 0.3 is 0 Å². The number of benzene rings is 1. The minimum atomic E-state index is -0.664. The van der Waals surface area contributed by atoms with Gasteiger partial charge in [0, 0.05) is 19.0 Å². The summed E-state index contributed by atoms with van der Waals surface area (Å²) in [6.45, 7) is 1.31. The first kappa shape index (κ1) is 17.9. The third-order valence-electron chi connectivity index (χ3n) is 5.11. The molecule has 0 spiro atoms. The number of nitriles is 1. The molecule has 3 N–H and O–H groups in total. The summed E-state index contributed by atoms with van der Waals surface area (Å²) in [4.78, 5) is 12.1. The van der Waals surface area contributed by atoms with Crippen LogP contribution in [0.25, 0.3) is 0 Å². The maximum absolute atomic E-state index is 12.1. The molecule has 3 atom stereocenters. The Morgan fingerprint density at radius 3 is 2.92 bits per heavy atom. The molecule has 1 aliphatic heterocycles. The van der Waals surface area contributed by atoms with Crippen LogP contribution in [0.4, 0.5) is 0 Å². The topological polar surface area (TPSA) is 94.4 Å². The standard InChI is InChI=1S/C19H25N3O3/c20-9-13-4-3-5-14(8-13)10-21-16-12-25-17(18(16)23)11-22-19(24)15-6-1-2-7-15/h3-5,8,15-18,21,23H,1-2,6-7,10-12H2,(H,22,24)/t16-,17-,18+/m1/s1. The number of hydrogen-bond donors (Lipinski definition) is 3. The monoisotopic (exact) mass is 343 g/mol. The molecule has 2 fully saturated rings. The number of carbonyl (C=O) groups excluding carboxylic acids is 1. The van der Waals surface area contributed by atoms with Crippen molar-refractivity contribution in [3.05, 3.63) is 35.4 Å². The van der Waals surface area contributed by atoms with Crippen molar-refractivity contribution in [1.29, 1.82) is 5.26 Å². The maximum Gasteiger partial charge on any atom is 0.223 e. The van der Waals surface area contributed by atoms with Gasteiger partial charge in [0.2, 0.25) is 5.91 Å². The molecule has 1 aromatic carbocycles. The van der Waals surface area contributed by atoms with Crippen molar-refractivity contribution >= 4 is 5.91 Å². The van der Waals surface area contributed by atoms with E-state index in [1.165, 1.54) is 0 Å². The van der Waals surface area contributed by atoms with Crippen LogP contribution in [0.2, 0.25) is 0 Å². The lowest BCUT2D eigenvalue weighted by Gasteiger charge is -2.20. The lowest BCUT2D eigenvalue weighted by atomic mass is 10.1. The number of aliphatic hydroxyl groups excluding tert-OH is 1.